The molecular formula is C22H29N3O3. The van der Waals surface area contributed by atoms with Gasteiger partial charge in [-0.1, -0.05) is 45.0 Å². The van der Waals surface area contributed by atoms with Gasteiger partial charge in [0.1, 0.15) is 5.75 Å². The molecule has 2 aromatic rings. The van der Waals surface area contributed by atoms with Gasteiger partial charge in [-0.15, -0.1) is 0 Å². The second-order valence-corrected chi connectivity index (χ2v) is 7.59. The standard InChI is InChI=1S/C22H29N3O3/c1-22(2,3)18-7-11-20(12-8-18)28-16-21(27)24-23-15-17-5-9-19(10-6-17)25(4)13-14-26/h5-12,15,26H,13-14,16H2,1-4H3,(H,24,27)/b23-15+. The fourth-order valence-corrected chi connectivity index (χ4v) is 2.51. The second-order valence-electron chi connectivity index (χ2n) is 7.59. The Morgan fingerprint density at radius 1 is 1.14 bits per heavy atom. The molecule has 0 heterocycles. The van der Waals surface area contributed by atoms with E-state index in [1.807, 2.05) is 60.5 Å². The molecule has 0 aliphatic heterocycles. The van der Waals surface area contributed by atoms with Crippen LogP contribution in [0.2, 0.25) is 0 Å². The van der Waals surface area contributed by atoms with Gasteiger partial charge in [0, 0.05) is 19.3 Å². The Morgan fingerprint density at radius 3 is 2.36 bits per heavy atom. The third kappa shape index (κ3) is 6.70. The summed E-state index contributed by atoms with van der Waals surface area (Å²) in [5.74, 6) is 0.324. The number of aliphatic hydroxyl groups excluding tert-OH is 1. The van der Waals surface area contributed by atoms with Crippen LogP contribution in [0, 0.1) is 0 Å². The molecule has 0 saturated heterocycles. The molecule has 2 aromatic carbocycles. The molecule has 0 bridgehead atoms. The van der Waals surface area contributed by atoms with Gasteiger partial charge in [-0.05, 0) is 40.8 Å². The predicted molar refractivity (Wildman–Crippen MR) is 113 cm³/mol. The van der Waals surface area contributed by atoms with E-state index in [1.54, 1.807) is 6.21 Å². The molecule has 0 fully saturated rings. The minimum Gasteiger partial charge on any atom is -0.484 e. The number of amides is 1. The van der Waals surface area contributed by atoms with Crippen LogP contribution in [-0.2, 0) is 10.2 Å². The summed E-state index contributed by atoms with van der Waals surface area (Å²) in [5, 5.41) is 12.9. The normalized spacial score (nSPS) is 11.5. The zero-order valence-corrected chi connectivity index (χ0v) is 17.0. The Morgan fingerprint density at radius 2 is 1.79 bits per heavy atom. The molecule has 28 heavy (non-hydrogen) atoms. The number of carbonyl (C=O) groups is 1. The first-order valence-electron chi connectivity index (χ1n) is 9.27. The van der Waals surface area contributed by atoms with Crippen molar-refractivity contribution in [1.82, 2.24) is 5.43 Å². The lowest BCUT2D eigenvalue weighted by Gasteiger charge is -2.19. The summed E-state index contributed by atoms with van der Waals surface area (Å²) < 4.78 is 5.49. The van der Waals surface area contributed by atoms with E-state index < -0.39 is 0 Å². The Bertz CT molecular complexity index is 778. The number of likely N-dealkylation sites (N-methyl/N-ethyl adjacent to an activating group) is 1. The fraction of sp³-hybridized carbons (Fsp3) is 0.364. The first-order valence-corrected chi connectivity index (χ1v) is 9.27. The van der Waals surface area contributed by atoms with Crippen LogP contribution in [0.25, 0.3) is 0 Å². The van der Waals surface area contributed by atoms with Crippen LogP contribution >= 0.6 is 0 Å². The van der Waals surface area contributed by atoms with Gasteiger partial charge in [0.05, 0.1) is 12.8 Å². The molecule has 0 aliphatic rings. The summed E-state index contributed by atoms with van der Waals surface area (Å²) in [6.45, 7) is 7.02. The van der Waals surface area contributed by atoms with Gasteiger partial charge in [-0.2, -0.15) is 5.10 Å². The van der Waals surface area contributed by atoms with Gasteiger partial charge >= 0.3 is 0 Å². The number of benzene rings is 2. The maximum Gasteiger partial charge on any atom is 0.277 e. The molecule has 0 unspecified atom stereocenters. The van der Waals surface area contributed by atoms with Crippen molar-refractivity contribution in [2.75, 3.05) is 31.7 Å². The Kier molecular flexibility index (Phi) is 7.58. The van der Waals surface area contributed by atoms with E-state index in [0.29, 0.717) is 12.3 Å². The molecule has 0 aliphatic carbocycles. The third-order valence-electron chi connectivity index (χ3n) is 4.26. The van der Waals surface area contributed by atoms with Gasteiger partial charge in [0.15, 0.2) is 6.61 Å². The molecule has 150 valence electrons. The van der Waals surface area contributed by atoms with Crippen LogP contribution < -0.4 is 15.1 Å². The van der Waals surface area contributed by atoms with Crippen molar-refractivity contribution >= 4 is 17.8 Å². The van der Waals surface area contributed by atoms with E-state index in [4.69, 9.17) is 9.84 Å². The summed E-state index contributed by atoms with van der Waals surface area (Å²) in [7, 11) is 1.91. The molecule has 0 aromatic heterocycles. The van der Waals surface area contributed by atoms with E-state index in [9.17, 15) is 4.79 Å². The van der Waals surface area contributed by atoms with E-state index >= 15 is 0 Å². The van der Waals surface area contributed by atoms with E-state index in [1.165, 1.54) is 5.56 Å². The number of ether oxygens (including phenoxy) is 1. The van der Waals surface area contributed by atoms with Crippen LogP contribution in [0.1, 0.15) is 31.9 Å². The predicted octanol–water partition coefficient (Wildman–Crippen LogP) is 2.94. The third-order valence-corrected chi connectivity index (χ3v) is 4.26. The van der Waals surface area contributed by atoms with Crippen LogP contribution in [-0.4, -0.2) is 44.0 Å². The molecule has 2 rings (SSSR count). The molecule has 6 heteroatoms. The number of hydrogen-bond donors (Lipinski definition) is 2. The first-order chi connectivity index (χ1) is 13.3. The Hall–Kier alpha value is -2.86. The van der Waals surface area contributed by atoms with Crippen LogP contribution in [0.5, 0.6) is 5.75 Å². The summed E-state index contributed by atoms with van der Waals surface area (Å²) in [5.41, 5.74) is 5.61. The van der Waals surface area contributed by atoms with Gasteiger partial charge in [0.25, 0.3) is 5.91 Å². The highest BCUT2D eigenvalue weighted by Crippen LogP contribution is 2.24. The number of hydrazone groups is 1. The lowest BCUT2D eigenvalue weighted by atomic mass is 9.87. The van der Waals surface area contributed by atoms with Gasteiger partial charge in [-0.3, -0.25) is 4.79 Å². The largest absolute Gasteiger partial charge is 0.484 e. The minimum atomic E-state index is -0.324. The summed E-state index contributed by atoms with van der Waals surface area (Å²) >= 11 is 0. The maximum absolute atomic E-state index is 11.9. The lowest BCUT2D eigenvalue weighted by molar-refractivity contribution is -0.123. The molecule has 6 nitrogen and oxygen atoms in total. The SMILES string of the molecule is CN(CCO)c1ccc(/C=N/NC(=O)COc2ccc(C(C)(C)C)cc2)cc1. The zero-order chi connectivity index (χ0) is 20.6. The molecule has 1 amide bonds. The molecule has 0 radical (unpaired) electrons. The quantitative estimate of drug-likeness (QED) is 0.543. The highest BCUT2D eigenvalue weighted by Gasteiger charge is 2.13. The first kappa shape index (κ1) is 21.4. The average Bonchev–Trinajstić information content (AvgIpc) is 2.67. The van der Waals surface area contributed by atoms with Crippen LogP contribution in [0.4, 0.5) is 5.69 Å². The number of carbonyl (C=O) groups excluding carboxylic acids is 1. The Balaban J connectivity index is 1.79. The smallest absolute Gasteiger partial charge is 0.277 e. The van der Waals surface area contributed by atoms with E-state index in [0.717, 1.165) is 11.3 Å². The topological polar surface area (TPSA) is 74.2 Å². The average molecular weight is 383 g/mol. The number of anilines is 1. The van der Waals surface area contributed by atoms with Gasteiger partial charge in [0.2, 0.25) is 0 Å². The molecule has 0 atom stereocenters. The van der Waals surface area contributed by atoms with Crippen molar-refractivity contribution in [3.8, 4) is 5.75 Å². The number of aliphatic hydroxyl groups is 1. The van der Waals surface area contributed by atoms with Crippen molar-refractivity contribution in [2.45, 2.75) is 26.2 Å². The minimum absolute atomic E-state index is 0.0804. The molecular weight excluding hydrogens is 354 g/mol. The summed E-state index contributed by atoms with van der Waals surface area (Å²) in [6.07, 6.45) is 1.58. The maximum atomic E-state index is 11.9. The summed E-state index contributed by atoms with van der Waals surface area (Å²) in [6, 6.07) is 15.4. The van der Waals surface area contributed by atoms with Crippen LogP contribution in [0.3, 0.4) is 0 Å². The monoisotopic (exact) mass is 383 g/mol. The fourth-order valence-electron chi connectivity index (χ4n) is 2.51. The second kappa shape index (κ2) is 9.90. The highest BCUT2D eigenvalue weighted by atomic mass is 16.5. The highest BCUT2D eigenvalue weighted by molar-refractivity contribution is 5.83. The van der Waals surface area contributed by atoms with E-state index in [-0.39, 0.29) is 24.5 Å². The van der Waals surface area contributed by atoms with Crippen molar-refractivity contribution in [3.05, 3.63) is 59.7 Å². The van der Waals surface area contributed by atoms with Gasteiger partial charge in [-0.25, -0.2) is 5.43 Å². The van der Waals surface area contributed by atoms with Crippen LogP contribution in [0.15, 0.2) is 53.6 Å². The molecule has 0 spiro atoms. The van der Waals surface area contributed by atoms with E-state index in [2.05, 4.69) is 31.3 Å². The number of hydrogen-bond acceptors (Lipinski definition) is 5. The molecule has 2 N–H and O–H groups in total. The van der Waals surface area contributed by atoms with Crippen molar-refractivity contribution in [3.63, 3.8) is 0 Å². The van der Waals surface area contributed by atoms with Crippen molar-refractivity contribution in [1.29, 1.82) is 0 Å². The van der Waals surface area contributed by atoms with Crippen molar-refractivity contribution in [2.24, 2.45) is 5.10 Å². The van der Waals surface area contributed by atoms with Crippen molar-refractivity contribution < 1.29 is 14.6 Å². The number of nitrogens with one attached hydrogen (secondary N) is 1. The lowest BCUT2D eigenvalue weighted by Crippen LogP contribution is -2.24. The summed E-state index contributed by atoms with van der Waals surface area (Å²) in [4.78, 5) is 13.8. The Labute approximate surface area is 166 Å². The van der Waals surface area contributed by atoms with Gasteiger partial charge < -0.3 is 14.7 Å². The number of nitrogens with zero attached hydrogens (tertiary/aromatic N) is 2. The number of rotatable bonds is 8. The zero-order valence-electron chi connectivity index (χ0n) is 17.0. The molecule has 0 saturated carbocycles.